The lowest BCUT2D eigenvalue weighted by molar-refractivity contribution is 0.0180. The van der Waals surface area contributed by atoms with Gasteiger partial charge in [0.1, 0.15) is 11.6 Å². The number of rotatable bonds is 4. The molecule has 0 spiro atoms. The van der Waals surface area contributed by atoms with Gasteiger partial charge in [-0.2, -0.15) is 5.26 Å². The minimum Gasteiger partial charge on any atom is -0.444 e. The van der Waals surface area contributed by atoms with E-state index in [0.717, 1.165) is 17.7 Å². The Bertz CT molecular complexity index is 679. The van der Waals surface area contributed by atoms with Gasteiger partial charge in [0.15, 0.2) is 0 Å². The second-order valence-electron chi connectivity index (χ2n) is 7.71. The molecule has 1 atom stereocenters. The van der Waals surface area contributed by atoms with Crippen molar-refractivity contribution in [3.8, 4) is 6.07 Å². The Morgan fingerprint density at radius 1 is 1.38 bits per heavy atom. The van der Waals surface area contributed by atoms with E-state index in [1.54, 1.807) is 11.0 Å². The first-order valence-corrected chi connectivity index (χ1v) is 9.74. The molecule has 0 bridgehead atoms. The molecule has 26 heavy (non-hydrogen) atoms. The monoisotopic (exact) mass is 377 g/mol. The van der Waals surface area contributed by atoms with Crippen molar-refractivity contribution >= 4 is 23.3 Å². The highest BCUT2D eigenvalue weighted by Gasteiger charge is 2.28. The molecule has 2 heterocycles. The number of nitrogens with one attached hydrogen (secondary N) is 1. The fraction of sp³-hybridized carbons (Fsp3) is 0.632. The van der Waals surface area contributed by atoms with Crippen molar-refractivity contribution < 1.29 is 14.3 Å². The predicted octanol–water partition coefficient (Wildman–Crippen LogP) is 3.72. The van der Waals surface area contributed by atoms with Crippen LogP contribution < -0.4 is 5.32 Å². The SMILES string of the molecule is Cc1ccc(C(=O)NC(C#N)CC2CCN(C(=O)OC(C)(C)C)CC2)s1. The van der Waals surface area contributed by atoms with Gasteiger partial charge in [-0.3, -0.25) is 4.79 Å². The summed E-state index contributed by atoms with van der Waals surface area (Å²) in [6, 6.07) is 5.36. The molecule has 0 saturated carbocycles. The maximum absolute atomic E-state index is 12.2. The highest BCUT2D eigenvalue weighted by atomic mass is 32.1. The minimum atomic E-state index is -0.511. The van der Waals surface area contributed by atoms with E-state index in [0.29, 0.717) is 30.3 Å². The van der Waals surface area contributed by atoms with Crippen LogP contribution in [0.2, 0.25) is 0 Å². The third-order valence-corrected chi connectivity index (χ3v) is 5.26. The molecule has 1 aliphatic rings. The molecule has 2 amide bonds. The molecule has 0 radical (unpaired) electrons. The summed E-state index contributed by atoms with van der Waals surface area (Å²) in [4.78, 5) is 27.7. The van der Waals surface area contributed by atoms with Crippen molar-refractivity contribution in [3.63, 3.8) is 0 Å². The van der Waals surface area contributed by atoms with Crippen LogP contribution in [0.25, 0.3) is 0 Å². The number of thiophene rings is 1. The maximum Gasteiger partial charge on any atom is 0.410 e. The van der Waals surface area contributed by atoms with Crippen molar-refractivity contribution in [2.45, 2.75) is 58.6 Å². The number of likely N-dealkylation sites (tertiary alicyclic amines) is 1. The van der Waals surface area contributed by atoms with Crippen LogP contribution in [-0.4, -0.2) is 41.6 Å². The van der Waals surface area contributed by atoms with Crippen molar-refractivity contribution in [3.05, 3.63) is 21.9 Å². The lowest BCUT2D eigenvalue weighted by Gasteiger charge is -2.34. The van der Waals surface area contributed by atoms with Gasteiger partial charge in [-0.25, -0.2) is 4.79 Å². The van der Waals surface area contributed by atoms with E-state index in [1.165, 1.54) is 11.3 Å². The number of aryl methyl sites for hydroxylation is 1. The van der Waals surface area contributed by atoms with Crippen LogP contribution in [0, 0.1) is 24.2 Å². The third kappa shape index (κ3) is 6.03. The molecule has 0 aliphatic carbocycles. The summed E-state index contributed by atoms with van der Waals surface area (Å²) >= 11 is 1.42. The van der Waals surface area contributed by atoms with Gasteiger partial charge < -0.3 is 15.0 Å². The van der Waals surface area contributed by atoms with Gasteiger partial charge in [-0.05, 0) is 65.0 Å². The normalized spacial score (nSPS) is 16.7. The number of carbonyl (C=O) groups excluding carboxylic acids is 2. The van der Waals surface area contributed by atoms with E-state index >= 15 is 0 Å². The first kappa shape index (κ1) is 20.2. The zero-order chi connectivity index (χ0) is 19.3. The van der Waals surface area contributed by atoms with Crippen LogP contribution in [0.4, 0.5) is 4.79 Å². The van der Waals surface area contributed by atoms with Crippen LogP contribution >= 0.6 is 11.3 Å². The number of piperidine rings is 1. The molecule has 142 valence electrons. The third-order valence-electron chi connectivity index (χ3n) is 4.26. The van der Waals surface area contributed by atoms with Crippen LogP contribution in [-0.2, 0) is 4.74 Å². The number of hydrogen-bond donors (Lipinski definition) is 1. The first-order chi connectivity index (χ1) is 12.2. The van der Waals surface area contributed by atoms with Gasteiger partial charge in [-0.1, -0.05) is 0 Å². The van der Waals surface area contributed by atoms with E-state index in [2.05, 4.69) is 11.4 Å². The number of hydrogen-bond acceptors (Lipinski definition) is 5. The topological polar surface area (TPSA) is 82.4 Å². The van der Waals surface area contributed by atoms with E-state index in [-0.39, 0.29) is 12.0 Å². The highest BCUT2D eigenvalue weighted by Crippen LogP contribution is 2.24. The highest BCUT2D eigenvalue weighted by molar-refractivity contribution is 7.13. The van der Waals surface area contributed by atoms with Crippen molar-refractivity contribution in [2.24, 2.45) is 5.92 Å². The Morgan fingerprint density at radius 2 is 2.04 bits per heavy atom. The van der Waals surface area contributed by atoms with Crippen LogP contribution in [0.3, 0.4) is 0 Å². The molecule has 1 fully saturated rings. The second-order valence-corrected chi connectivity index (χ2v) is 9.00. The van der Waals surface area contributed by atoms with Crippen LogP contribution in [0.5, 0.6) is 0 Å². The van der Waals surface area contributed by atoms with E-state index < -0.39 is 11.6 Å². The average Bonchev–Trinajstić information content (AvgIpc) is 3.00. The zero-order valence-corrected chi connectivity index (χ0v) is 16.7. The fourth-order valence-electron chi connectivity index (χ4n) is 2.94. The molecular formula is C19H27N3O3S. The number of ether oxygens (including phenoxy) is 1. The minimum absolute atomic E-state index is 0.194. The summed E-state index contributed by atoms with van der Waals surface area (Å²) in [5, 5.41) is 12.2. The van der Waals surface area contributed by atoms with E-state index in [9.17, 15) is 14.9 Å². The largest absolute Gasteiger partial charge is 0.444 e. The van der Waals surface area contributed by atoms with Crippen molar-refractivity contribution in [1.82, 2.24) is 10.2 Å². The summed E-state index contributed by atoms with van der Waals surface area (Å²) < 4.78 is 5.40. The van der Waals surface area contributed by atoms with Gasteiger partial charge in [0.05, 0.1) is 10.9 Å². The lowest BCUT2D eigenvalue weighted by Crippen LogP contribution is -2.43. The number of nitrogens with zero attached hydrogens (tertiary/aromatic N) is 2. The molecule has 1 aromatic heterocycles. The Kier molecular flexibility index (Phi) is 6.65. The Labute approximate surface area is 159 Å². The van der Waals surface area contributed by atoms with Crippen molar-refractivity contribution in [1.29, 1.82) is 5.26 Å². The molecule has 2 rings (SSSR count). The Hall–Kier alpha value is -2.07. The quantitative estimate of drug-likeness (QED) is 0.867. The summed E-state index contributed by atoms with van der Waals surface area (Å²) in [7, 11) is 0. The lowest BCUT2D eigenvalue weighted by atomic mass is 9.90. The summed E-state index contributed by atoms with van der Waals surface area (Å²) in [6.45, 7) is 8.75. The molecule has 1 N–H and O–H groups in total. The number of nitriles is 1. The fourth-order valence-corrected chi connectivity index (χ4v) is 3.71. The summed E-state index contributed by atoms with van der Waals surface area (Å²) in [6.07, 6.45) is 1.94. The predicted molar refractivity (Wildman–Crippen MR) is 101 cm³/mol. The van der Waals surface area contributed by atoms with E-state index in [1.807, 2.05) is 33.8 Å². The van der Waals surface area contributed by atoms with Crippen molar-refractivity contribution in [2.75, 3.05) is 13.1 Å². The van der Waals surface area contributed by atoms with Gasteiger partial charge >= 0.3 is 6.09 Å². The van der Waals surface area contributed by atoms with Crippen LogP contribution in [0.15, 0.2) is 12.1 Å². The van der Waals surface area contributed by atoms with Gasteiger partial charge in [0.2, 0.25) is 0 Å². The standard InChI is InChI=1S/C19H27N3O3S/c1-13-5-6-16(26-13)17(23)21-15(12-20)11-14-7-9-22(10-8-14)18(24)25-19(2,3)4/h5-6,14-15H,7-11H2,1-4H3,(H,21,23). The van der Waals surface area contributed by atoms with E-state index in [4.69, 9.17) is 4.74 Å². The Balaban J connectivity index is 1.81. The molecule has 7 heteroatoms. The molecular weight excluding hydrogens is 350 g/mol. The summed E-state index contributed by atoms with van der Waals surface area (Å²) in [5.74, 6) is 0.115. The Morgan fingerprint density at radius 3 is 2.54 bits per heavy atom. The molecule has 1 saturated heterocycles. The average molecular weight is 378 g/mol. The molecule has 6 nitrogen and oxygen atoms in total. The molecule has 0 aromatic carbocycles. The smallest absolute Gasteiger partial charge is 0.410 e. The van der Waals surface area contributed by atoms with Gasteiger partial charge in [-0.15, -0.1) is 11.3 Å². The zero-order valence-electron chi connectivity index (χ0n) is 15.9. The molecule has 1 unspecified atom stereocenters. The van der Waals surface area contributed by atoms with Crippen LogP contribution in [0.1, 0.15) is 54.6 Å². The molecule has 1 aliphatic heterocycles. The molecule has 1 aromatic rings. The van der Waals surface area contributed by atoms with Gasteiger partial charge in [0.25, 0.3) is 5.91 Å². The van der Waals surface area contributed by atoms with Gasteiger partial charge in [0, 0.05) is 18.0 Å². The number of carbonyl (C=O) groups is 2. The summed E-state index contributed by atoms with van der Waals surface area (Å²) in [5.41, 5.74) is -0.496. The maximum atomic E-state index is 12.2. The number of amides is 2. The second kappa shape index (κ2) is 8.54. The first-order valence-electron chi connectivity index (χ1n) is 8.93.